The number of amides is 3. The van der Waals surface area contributed by atoms with Crippen molar-refractivity contribution < 1.29 is 24.0 Å². The Morgan fingerprint density at radius 2 is 1.96 bits per heavy atom. The summed E-state index contributed by atoms with van der Waals surface area (Å²) < 4.78 is 4.69. The van der Waals surface area contributed by atoms with Gasteiger partial charge in [-0.05, 0) is 38.8 Å². The molecule has 0 radical (unpaired) electrons. The fourth-order valence-corrected chi connectivity index (χ4v) is 3.11. The van der Waals surface area contributed by atoms with Crippen molar-refractivity contribution in [2.75, 3.05) is 31.1 Å². The highest BCUT2D eigenvalue weighted by Gasteiger charge is 2.32. The second-order valence-corrected chi connectivity index (χ2v) is 6.17. The lowest BCUT2D eigenvalue weighted by Gasteiger charge is -2.25. The van der Waals surface area contributed by atoms with Crippen LogP contribution >= 0.6 is 0 Å². The summed E-state index contributed by atoms with van der Waals surface area (Å²) in [4.78, 5) is 38.6. The number of hydrogen-bond donors (Lipinski definition) is 2. The zero-order valence-corrected chi connectivity index (χ0v) is 15.0. The van der Waals surface area contributed by atoms with Gasteiger partial charge in [0.1, 0.15) is 0 Å². The van der Waals surface area contributed by atoms with Gasteiger partial charge >= 0.3 is 6.09 Å². The standard InChI is InChI=1S/C18H25N3O4/c1-4-20(11-16(22)19-18(24)25-5-2)12-17(23)21-13(3)10-14-8-6-7-9-15(14)21/h6-9,13H,4-5,10-12H2,1-3H3,(H,19,22,24)/p+1/t13-/m1/s1. The first-order valence-corrected chi connectivity index (χ1v) is 8.66. The number of anilines is 1. The normalized spacial score (nSPS) is 16.9. The van der Waals surface area contributed by atoms with E-state index in [-0.39, 0.29) is 31.6 Å². The Bertz CT molecular complexity index is 647. The van der Waals surface area contributed by atoms with Gasteiger partial charge < -0.3 is 14.5 Å². The second-order valence-electron chi connectivity index (χ2n) is 6.17. The van der Waals surface area contributed by atoms with Crippen molar-refractivity contribution in [3.63, 3.8) is 0 Å². The van der Waals surface area contributed by atoms with Gasteiger partial charge in [-0.3, -0.25) is 14.9 Å². The van der Waals surface area contributed by atoms with Crippen molar-refractivity contribution in [2.24, 2.45) is 0 Å². The summed E-state index contributed by atoms with van der Waals surface area (Å²) in [6, 6.07) is 8.00. The summed E-state index contributed by atoms with van der Waals surface area (Å²) in [7, 11) is 0. The third-order valence-corrected chi connectivity index (χ3v) is 4.30. The van der Waals surface area contributed by atoms with E-state index in [9.17, 15) is 14.4 Å². The van der Waals surface area contributed by atoms with Gasteiger partial charge in [-0.25, -0.2) is 4.79 Å². The molecule has 7 heteroatoms. The highest BCUT2D eigenvalue weighted by atomic mass is 16.5. The van der Waals surface area contributed by atoms with Crippen LogP contribution in [0.3, 0.4) is 0 Å². The lowest BCUT2D eigenvalue weighted by atomic mass is 10.1. The van der Waals surface area contributed by atoms with E-state index in [1.807, 2.05) is 43.0 Å². The highest BCUT2D eigenvalue weighted by molar-refractivity contribution is 5.97. The first kappa shape index (κ1) is 18.9. The number of rotatable bonds is 6. The number of fused-ring (bicyclic) bond motifs is 1. The summed E-state index contributed by atoms with van der Waals surface area (Å²) in [5, 5.41) is 2.17. The third kappa shape index (κ3) is 4.79. The average Bonchev–Trinajstić information content (AvgIpc) is 2.89. The van der Waals surface area contributed by atoms with Crippen molar-refractivity contribution in [1.82, 2.24) is 5.32 Å². The van der Waals surface area contributed by atoms with E-state index >= 15 is 0 Å². The van der Waals surface area contributed by atoms with Gasteiger partial charge in [0.05, 0.1) is 13.2 Å². The van der Waals surface area contributed by atoms with Crippen LogP contribution in [0.5, 0.6) is 0 Å². The third-order valence-electron chi connectivity index (χ3n) is 4.30. The van der Waals surface area contributed by atoms with Crippen LogP contribution in [0.1, 0.15) is 26.3 Å². The predicted octanol–water partition coefficient (Wildman–Crippen LogP) is 0.142. The number of para-hydroxylation sites is 1. The SMILES string of the molecule is CCOC(=O)NC(=O)C[NH+](CC)CC(=O)N1c2ccccc2C[C@H]1C. The Morgan fingerprint density at radius 3 is 2.64 bits per heavy atom. The van der Waals surface area contributed by atoms with E-state index < -0.39 is 12.0 Å². The molecule has 0 fully saturated rings. The first-order valence-electron chi connectivity index (χ1n) is 8.66. The molecule has 1 unspecified atom stereocenters. The maximum Gasteiger partial charge on any atom is 0.414 e. The molecular formula is C18H26N3O4+. The summed E-state index contributed by atoms with van der Waals surface area (Å²) in [5.41, 5.74) is 2.12. The van der Waals surface area contributed by atoms with Gasteiger partial charge in [-0.2, -0.15) is 0 Å². The molecule has 2 N–H and O–H groups in total. The van der Waals surface area contributed by atoms with Crippen LogP contribution in [0.15, 0.2) is 24.3 Å². The monoisotopic (exact) mass is 348 g/mol. The van der Waals surface area contributed by atoms with E-state index in [0.717, 1.165) is 17.0 Å². The Balaban J connectivity index is 1.96. The van der Waals surface area contributed by atoms with Gasteiger partial charge in [0.25, 0.3) is 11.8 Å². The lowest BCUT2D eigenvalue weighted by Crippen LogP contribution is -3.14. The summed E-state index contributed by atoms with van der Waals surface area (Å²) in [6.07, 6.45) is 0.0866. The van der Waals surface area contributed by atoms with Crippen LogP contribution in [0.4, 0.5) is 10.5 Å². The molecule has 0 saturated heterocycles. The van der Waals surface area contributed by atoms with E-state index in [4.69, 9.17) is 0 Å². The van der Waals surface area contributed by atoms with Crippen LogP contribution in [0.2, 0.25) is 0 Å². The number of alkyl carbamates (subject to hydrolysis) is 1. The van der Waals surface area contributed by atoms with E-state index in [2.05, 4.69) is 10.1 Å². The Hall–Kier alpha value is -2.41. The minimum Gasteiger partial charge on any atom is -0.450 e. The topological polar surface area (TPSA) is 80.1 Å². The molecule has 3 amide bonds. The van der Waals surface area contributed by atoms with Gasteiger partial charge in [0, 0.05) is 11.7 Å². The number of nitrogens with zero attached hydrogens (tertiary/aromatic N) is 1. The maximum absolute atomic E-state index is 12.8. The predicted molar refractivity (Wildman–Crippen MR) is 93.5 cm³/mol. The van der Waals surface area contributed by atoms with E-state index in [1.54, 1.807) is 6.92 Å². The molecule has 1 aliphatic heterocycles. The van der Waals surface area contributed by atoms with E-state index in [1.165, 1.54) is 5.56 Å². The van der Waals surface area contributed by atoms with Gasteiger partial charge in [-0.1, -0.05) is 18.2 Å². The largest absolute Gasteiger partial charge is 0.450 e. The Kier molecular flexibility index (Phi) is 6.52. The summed E-state index contributed by atoms with van der Waals surface area (Å²) >= 11 is 0. The van der Waals surface area contributed by atoms with Crippen molar-refractivity contribution in [2.45, 2.75) is 33.2 Å². The molecule has 0 spiro atoms. The molecular weight excluding hydrogens is 322 g/mol. The minimum absolute atomic E-state index is 0.0155. The first-order chi connectivity index (χ1) is 12.0. The van der Waals surface area contributed by atoms with Gasteiger partial charge in [0.15, 0.2) is 13.1 Å². The summed E-state index contributed by atoms with van der Waals surface area (Å²) in [6.45, 7) is 6.65. The number of likely N-dealkylation sites (N-methyl/N-ethyl adjacent to an activating group) is 1. The Morgan fingerprint density at radius 1 is 1.24 bits per heavy atom. The smallest absolute Gasteiger partial charge is 0.414 e. The van der Waals surface area contributed by atoms with Crippen LogP contribution < -0.4 is 15.1 Å². The molecule has 0 bridgehead atoms. The fraction of sp³-hybridized carbons (Fsp3) is 0.500. The minimum atomic E-state index is -0.753. The van der Waals surface area contributed by atoms with Crippen LogP contribution in [0.25, 0.3) is 0 Å². The number of benzene rings is 1. The number of carbonyl (C=O) groups excluding carboxylic acids is 3. The zero-order chi connectivity index (χ0) is 18.4. The molecule has 0 saturated carbocycles. The number of hydrogen-bond acceptors (Lipinski definition) is 4. The molecule has 2 rings (SSSR count). The molecule has 7 nitrogen and oxygen atoms in total. The molecule has 25 heavy (non-hydrogen) atoms. The number of nitrogens with one attached hydrogen (secondary N) is 2. The lowest BCUT2D eigenvalue weighted by molar-refractivity contribution is -0.881. The Labute approximate surface area is 147 Å². The highest BCUT2D eigenvalue weighted by Crippen LogP contribution is 2.31. The van der Waals surface area contributed by atoms with Crippen LogP contribution in [-0.2, 0) is 20.7 Å². The molecule has 1 aromatic carbocycles. The number of imide groups is 1. The molecule has 0 aromatic heterocycles. The van der Waals surface area contributed by atoms with Gasteiger partial charge in [-0.15, -0.1) is 0 Å². The van der Waals surface area contributed by atoms with Crippen LogP contribution in [-0.4, -0.2) is 50.2 Å². The van der Waals surface area contributed by atoms with Crippen molar-refractivity contribution in [1.29, 1.82) is 0 Å². The number of quaternary nitrogens is 1. The fourth-order valence-electron chi connectivity index (χ4n) is 3.11. The molecule has 2 atom stereocenters. The molecule has 1 aromatic rings. The van der Waals surface area contributed by atoms with Gasteiger partial charge in [0.2, 0.25) is 0 Å². The zero-order valence-electron chi connectivity index (χ0n) is 15.0. The van der Waals surface area contributed by atoms with E-state index in [0.29, 0.717) is 6.54 Å². The van der Waals surface area contributed by atoms with Crippen molar-refractivity contribution in [3.05, 3.63) is 29.8 Å². The molecule has 1 aliphatic rings. The summed E-state index contributed by atoms with van der Waals surface area (Å²) in [5.74, 6) is -0.462. The maximum atomic E-state index is 12.8. The van der Waals surface area contributed by atoms with Crippen molar-refractivity contribution >= 4 is 23.6 Å². The van der Waals surface area contributed by atoms with Crippen LogP contribution in [0, 0.1) is 0 Å². The quantitative estimate of drug-likeness (QED) is 0.767. The average molecular weight is 348 g/mol. The molecule has 0 aliphatic carbocycles. The van der Waals surface area contributed by atoms with Crippen molar-refractivity contribution in [3.8, 4) is 0 Å². The molecule has 136 valence electrons. The molecule has 1 heterocycles. The second kappa shape index (κ2) is 8.62. The number of ether oxygens (including phenoxy) is 1. The number of carbonyl (C=O) groups is 3.